The zero-order valence-electron chi connectivity index (χ0n) is 11.5. The molecule has 0 aromatic carbocycles. The SMILES string of the molecule is C[S+](C)C1CCCCCCC1O.O=S(=O)([O-])C(F)(F)F. The van der Waals surface area contributed by atoms with Crippen LogP contribution >= 0.6 is 0 Å². The lowest BCUT2D eigenvalue weighted by molar-refractivity contribution is -0.0517. The summed E-state index contributed by atoms with van der Waals surface area (Å²) in [6.07, 6.45) is 12.1. The predicted molar refractivity (Wildman–Crippen MR) is 72.5 cm³/mol. The van der Waals surface area contributed by atoms with Crippen molar-refractivity contribution in [3.63, 3.8) is 0 Å². The summed E-state index contributed by atoms with van der Waals surface area (Å²) in [4.78, 5) is 0. The molecular formula is C11H21F3O4S2. The van der Waals surface area contributed by atoms with E-state index >= 15 is 0 Å². The van der Waals surface area contributed by atoms with Crippen LogP contribution in [0.25, 0.3) is 0 Å². The second kappa shape index (κ2) is 8.45. The molecule has 0 bridgehead atoms. The molecule has 1 aliphatic carbocycles. The highest BCUT2D eigenvalue weighted by Gasteiger charge is 2.36. The summed E-state index contributed by atoms with van der Waals surface area (Å²) in [5.41, 5.74) is -5.65. The Balaban J connectivity index is 0.000000396. The molecule has 0 saturated heterocycles. The molecule has 4 nitrogen and oxygen atoms in total. The minimum Gasteiger partial charge on any atom is -0.741 e. The molecule has 0 amide bonds. The van der Waals surface area contributed by atoms with E-state index in [4.69, 9.17) is 13.0 Å². The minimum atomic E-state index is -6.09. The average Bonchev–Trinajstić information content (AvgIpc) is 2.21. The van der Waals surface area contributed by atoms with Crippen LogP contribution in [0.5, 0.6) is 0 Å². The van der Waals surface area contributed by atoms with Gasteiger partial charge >= 0.3 is 5.51 Å². The summed E-state index contributed by atoms with van der Waals surface area (Å²) in [6.45, 7) is 0. The molecule has 1 rings (SSSR count). The standard InChI is InChI=1S/C10H21OS.CHF3O3S/c1-12(2)10-8-6-4-3-5-7-9(10)11;2-1(3,4)8(5,6)7/h9-11H,3-8H2,1-2H3;(H,5,6,7)/q+1;/p-1. The first kappa shape index (κ1) is 20.0. The van der Waals surface area contributed by atoms with Crippen molar-refractivity contribution in [1.29, 1.82) is 0 Å². The molecule has 9 heteroatoms. The highest BCUT2D eigenvalue weighted by molar-refractivity contribution is 7.96. The molecule has 20 heavy (non-hydrogen) atoms. The maximum atomic E-state index is 10.7. The lowest BCUT2D eigenvalue weighted by Gasteiger charge is -2.22. The van der Waals surface area contributed by atoms with Gasteiger partial charge in [0.05, 0.1) is 12.5 Å². The molecule has 1 fully saturated rings. The van der Waals surface area contributed by atoms with Gasteiger partial charge in [-0.2, -0.15) is 13.2 Å². The largest absolute Gasteiger partial charge is 0.741 e. The Labute approximate surface area is 120 Å². The van der Waals surface area contributed by atoms with E-state index in [0.717, 1.165) is 6.42 Å². The molecule has 0 spiro atoms. The highest BCUT2D eigenvalue weighted by atomic mass is 32.2. The van der Waals surface area contributed by atoms with E-state index in [1.165, 1.54) is 32.1 Å². The van der Waals surface area contributed by atoms with Crippen LogP contribution in [-0.2, 0) is 21.0 Å². The number of hydrogen-bond donors (Lipinski definition) is 1. The molecule has 1 N–H and O–H groups in total. The van der Waals surface area contributed by atoms with Crippen LogP contribution in [0.1, 0.15) is 38.5 Å². The van der Waals surface area contributed by atoms with Gasteiger partial charge in [0.15, 0.2) is 10.1 Å². The van der Waals surface area contributed by atoms with Gasteiger partial charge in [-0.15, -0.1) is 0 Å². The van der Waals surface area contributed by atoms with E-state index in [-0.39, 0.29) is 6.10 Å². The molecule has 1 aliphatic rings. The molecule has 1 saturated carbocycles. The van der Waals surface area contributed by atoms with Gasteiger partial charge in [-0.1, -0.05) is 19.3 Å². The highest BCUT2D eigenvalue weighted by Crippen LogP contribution is 2.22. The molecule has 0 radical (unpaired) electrons. The van der Waals surface area contributed by atoms with Crippen molar-refractivity contribution in [1.82, 2.24) is 0 Å². The van der Waals surface area contributed by atoms with Gasteiger partial charge < -0.3 is 9.66 Å². The molecule has 0 aromatic heterocycles. The Morgan fingerprint density at radius 2 is 1.50 bits per heavy atom. The van der Waals surface area contributed by atoms with Crippen molar-refractivity contribution in [2.75, 3.05) is 12.5 Å². The van der Waals surface area contributed by atoms with Gasteiger partial charge in [0.2, 0.25) is 0 Å². The first-order chi connectivity index (χ1) is 8.97. The molecule has 122 valence electrons. The maximum Gasteiger partial charge on any atom is 0.485 e. The third kappa shape index (κ3) is 7.70. The van der Waals surface area contributed by atoms with Crippen molar-refractivity contribution < 1.29 is 31.2 Å². The summed E-state index contributed by atoms with van der Waals surface area (Å²) < 4.78 is 58.9. The Hall–Kier alpha value is 0.01000. The summed E-state index contributed by atoms with van der Waals surface area (Å²) in [5, 5.41) is 10.4. The maximum absolute atomic E-state index is 10.7. The van der Waals surface area contributed by atoms with Crippen molar-refractivity contribution in [3.8, 4) is 0 Å². The lowest BCUT2D eigenvalue weighted by atomic mass is 9.98. The minimum absolute atomic E-state index is 0.0105. The Morgan fingerprint density at radius 3 is 1.85 bits per heavy atom. The first-order valence-electron chi connectivity index (χ1n) is 6.23. The van der Waals surface area contributed by atoms with Crippen LogP contribution in [0.3, 0.4) is 0 Å². The third-order valence-electron chi connectivity index (χ3n) is 3.06. The smallest absolute Gasteiger partial charge is 0.485 e. The van der Waals surface area contributed by atoms with E-state index < -0.39 is 15.6 Å². The summed E-state index contributed by atoms with van der Waals surface area (Å²) in [7, 11) is -5.69. The van der Waals surface area contributed by atoms with Crippen LogP contribution < -0.4 is 0 Å². The summed E-state index contributed by atoms with van der Waals surface area (Å²) in [5.74, 6) is 0. The van der Waals surface area contributed by atoms with Crippen LogP contribution in [0.2, 0.25) is 0 Å². The van der Waals surface area contributed by atoms with Crippen LogP contribution in [-0.4, -0.2) is 47.5 Å². The van der Waals surface area contributed by atoms with Crippen molar-refractivity contribution >= 4 is 21.0 Å². The normalized spacial score (nSPS) is 25.4. The Bertz CT molecular complexity index is 368. The van der Waals surface area contributed by atoms with Crippen LogP contribution in [0.4, 0.5) is 13.2 Å². The predicted octanol–water partition coefficient (Wildman–Crippen LogP) is 2.00. The van der Waals surface area contributed by atoms with E-state index in [9.17, 15) is 18.3 Å². The number of aliphatic hydroxyl groups is 1. The van der Waals surface area contributed by atoms with Crippen LogP contribution in [0.15, 0.2) is 0 Å². The lowest BCUT2D eigenvalue weighted by Crippen LogP contribution is -2.33. The van der Waals surface area contributed by atoms with Crippen molar-refractivity contribution in [2.45, 2.75) is 55.4 Å². The van der Waals surface area contributed by atoms with Gasteiger partial charge in [0, 0.05) is 0 Å². The Morgan fingerprint density at radius 1 is 1.10 bits per heavy atom. The number of hydrogen-bond acceptors (Lipinski definition) is 4. The second-order valence-electron chi connectivity index (χ2n) is 4.88. The Kier molecular flexibility index (Phi) is 8.46. The molecule has 0 heterocycles. The number of rotatable bonds is 1. The fourth-order valence-electron chi connectivity index (χ4n) is 1.98. The topological polar surface area (TPSA) is 77.4 Å². The summed E-state index contributed by atoms with van der Waals surface area (Å²) >= 11 is 0. The first-order valence-corrected chi connectivity index (χ1v) is 9.74. The second-order valence-corrected chi connectivity index (χ2v) is 8.61. The number of aliphatic hydroxyl groups excluding tert-OH is 1. The quantitative estimate of drug-likeness (QED) is 0.451. The van der Waals surface area contributed by atoms with Gasteiger partial charge in [-0.05, 0) is 30.2 Å². The third-order valence-corrected chi connectivity index (χ3v) is 5.38. The van der Waals surface area contributed by atoms with Crippen molar-refractivity contribution in [2.24, 2.45) is 0 Å². The average molecular weight is 338 g/mol. The van der Waals surface area contributed by atoms with E-state index in [1.54, 1.807) is 0 Å². The van der Waals surface area contributed by atoms with Gasteiger partial charge in [0.1, 0.15) is 11.4 Å². The summed E-state index contributed by atoms with van der Waals surface area (Å²) in [6, 6.07) is 0. The molecule has 2 atom stereocenters. The number of halogens is 3. The van der Waals surface area contributed by atoms with E-state index in [1.807, 2.05) is 0 Å². The van der Waals surface area contributed by atoms with Crippen LogP contribution in [0, 0.1) is 0 Å². The van der Waals surface area contributed by atoms with E-state index in [0.29, 0.717) is 16.1 Å². The fourth-order valence-corrected chi connectivity index (χ4v) is 3.38. The monoisotopic (exact) mass is 338 g/mol. The number of alkyl halides is 3. The van der Waals surface area contributed by atoms with E-state index in [2.05, 4.69) is 12.5 Å². The zero-order chi connectivity index (χ0) is 16.0. The van der Waals surface area contributed by atoms with Gasteiger partial charge in [0.25, 0.3) is 0 Å². The zero-order valence-corrected chi connectivity index (χ0v) is 13.2. The van der Waals surface area contributed by atoms with Crippen molar-refractivity contribution in [3.05, 3.63) is 0 Å². The molecule has 0 aromatic rings. The van der Waals surface area contributed by atoms with Gasteiger partial charge in [-0.25, -0.2) is 8.42 Å². The molecular weight excluding hydrogens is 317 g/mol. The fraction of sp³-hybridized carbons (Fsp3) is 1.00. The molecule has 2 unspecified atom stereocenters. The molecule has 0 aliphatic heterocycles. The van der Waals surface area contributed by atoms with Gasteiger partial charge in [-0.3, -0.25) is 0 Å².